The molecule has 2 rings (SSSR count). The average molecular weight is 313 g/mol. The summed E-state index contributed by atoms with van der Waals surface area (Å²) in [5, 5.41) is 13.1. The molecule has 1 aromatic rings. The molecule has 0 saturated heterocycles. The maximum absolute atomic E-state index is 11.9. The maximum atomic E-state index is 11.9. The number of nitrogens with zero attached hydrogens (tertiary/aromatic N) is 1. The Bertz CT molecular complexity index is 431. The molecule has 0 unspecified atom stereocenters. The van der Waals surface area contributed by atoms with Crippen LogP contribution in [0.3, 0.4) is 0 Å². The van der Waals surface area contributed by atoms with E-state index in [-0.39, 0.29) is 5.91 Å². The molecular formula is C13H17BrN2O2. The van der Waals surface area contributed by atoms with Gasteiger partial charge in [-0.25, -0.2) is 4.98 Å². The van der Waals surface area contributed by atoms with E-state index in [9.17, 15) is 9.90 Å². The lowest BCUT2D eigenvalue weighted by atomic mass is 9.85. The third-order valence-corrected chi connectivity index (χ3v) is 3.98. The lowest BCUT2D eigenvalue weighted by Crippen LogP contribution is -2.44. The second-order valence-corrected chi connectivity index (χ2v) is 5.66. The fourth-order valence-electron chi connectivity index (χ4n) is 2.27. The minimum atomic E-state index is -0.741. The number of amides is 1. The first-order valence-electron chi connectivity index (χ1n) is 6.22. The van der Waals surface area contributed by atoms with E-state index in [1.165, 1.54) is 6.42 Å². The number of rotatable bonds is 3. The van der Waals surface area contributed by atoms with Crippen molar-refractivity contribution in [2.75, 3.05) is 6.54 Å². The van der Waals surface area contributed by atoms with Crippen LogP contribution in [0.5, 0.6) is 0 Å². The summed E-state index contributed by atoms with van der Waals surface area (Å²) in [5.41, 5.74) is -0.383. The molecule has 0 spiro atoms. The van der Waals surface area contributed by atoms with E-state index in [0.717, 1.165) is 25.7 Å². The van der Waals surface area contributed by atoms with Crippen LogP contribution in [-0.4, -0.2) is 28.1 Å². The molecule has 0 radical (unpaired) electrons. The molecule has 4 nitrogen and oxygen atoms in total. The highest BCUT2D eigenvalue weighted by atomic mass is 79.9. The maximum Gasteiger partial charge on any atom is 0.271 e. The second-order valence-electron chi connectivity index (χ2n) is 4.80. The summed E-state index contributed by atoms with van der Waals surface area (Å²) in [7, 11) is 0. The minimum Gasteiger partial charge on any atom is -0.388 e. The van der Waals surface area contributed by atoms with Gasteiger partial charge in [0.25, 0.3) is 5.91 Å². The Morgan fingerprint density at radius 1 is 1.44 bits per heavy atom. The molecule has 0 bridgehead atoms. The third-order valence-electron chi connectivity index (χ3n) is 3.34. The predicted octanol–water partition coefficient (Wildman–Crippen LogP) is 2.27. The van der Waals surface area contributed by atoms with Gasteiger partial charge in [-0.1, -0.05) is 19.3 Å². The van der Waals surface area contributed by atoms with Gasteiger partial charge in [-0.05, 0) is 40.9 Å². The number of aliphatic hydroxyl groups is 1. The average Bonchev–Trinajstić information content (AvgIpc) is 2.38. The van der Waals surface area contributed by atoms with Gasteiger partial charge in [0.2, 0.25) is 0 Å². The van der Waals surface area contributed by atoms with Gasteiger partial charge in [0, 0.05) is 17.2 Å². The summed E-state index contributed by atoms with van der Waals surface area (Å²) in [6, 6.07) is 3.53. The number of hydrogen-bond acceptors (Lipinski definition) is 3. The summed E-state index contributed by atoms with van der Waals surface area (Å²) in [4.78, 5) is 16.0. The second kappa shape index (κ2) is 5.80. The molecule has 1 fully saturated rings. The van der Waals surface area contributed by atoms with E-state index in [4.69, 9.17) is 0 Å². The van der Waals surface area contributed by atoms with Crippen LogP contribution in [-0.2, 0) is 0 Å². The molecule has 0 aromatic carbocycles. The van der Waals surface area contributed by atoms with Crippen molar-refractivity contribution in [3.8, 4) is 0 Å². The number of hydrogen-bond donors (Lipinski definition) is 2. The summed E-state index contributed by atoms with van der Waals surface area (Å²) < 4.78 is 0.665. The molecule has 1 aliphatic rings. The van der Waals surface area contributed by atoms with E-state index in [1.807, 2.05) is 0 Å². The zero-order valence-electron chi connectivity index (χ0n) is 10.2. The molecule has 1 heterocycles. The number of pyridine rings is 1. The Morgan fingerprint density at radius 3 is 2.83 bits per heavy atom. The van der Waals surface area contributed by atoms with Crippen LogP contribution in [0.2, 0.25) is 0 Å². The van der Waals surface area contributed by atoms with Gasteiger partial charge >= 0.3 is 0 Å². The van der Waals surface area contributed by atoms with Crippen LogP contribution < -0.4 is 5.32 Å². The van der Waals surface area contributed by atoms with Gasteiger partial charge in [-0.3, -0.25) is 4.79 Å². The molecule has 18 heavy (non-hydrogen) atoms. The van der Waals surface area contributed by atoms with Gasteiger partial charge in [-0.2, -0.15) is 0 Å². The Kier molecular flexibility index (Phi) is 4.35. The van der Waals surface area contributed by atoms with Gasteiger partial charge in [0.15, 0.2) is 0 Å². The fraction of sp³-hybridized carbons (Fsp3) is 0.538. The van der Waals surface area contributed by atoms with Crippen molar-refractivity contribution in [1.82, 2.24) is 10.3 Å². The lowest BCUT2D eigenvalue weighted by Gasteiger charge is -2.32. The largest absolute Gasteiger partial charge is 0.388 e. The van der Waals surface area contributed by atoms with Crippen molar-refractivity contribution in [1.29, 1.82) is 0 Å². The quantitative estimate of drug-likeness (QED) is 0.900. The van der Waals surface area contributed by atoms with Crippen LogP contribution >= 0.6 is 15.9 Å². The van der Waals surface area contributed by atoms with Gasteiger partial charge in [0.05, 0.1) is 5.60 Å². The standard InChI is InChI=1S/C13H17BrN2O2/c14-10-5-4-8-15-11(10)12(17)16-9-13(18)6-2-1-3-7-13/h4-5,8,18H,1-3,6-7,9H2,(H,16,17). The predicted molar refractivity (Wildman–Crippen MR) is 72.3 cm³/mol. The van der Waals surface area contributed by atoms with E-state index >= 15 is 0 Å². The SMILES string of the molecule is O=C(NCC1(O)CCCCC1)c1ncccc1Br. The first kappa shape index (κ1) is 13.5. The van der Waals surface area contributed by atoms with E-state index in [1.54, 1.807) is 18.3 Å². The number of nitrogens with one attached hydrogen (secondary N) is 1. The molecule has 1 aromatic heterocycles. The molecule has 1 saturated carbocycles. The first-order valence-corrected chi connectivity index (χ1v) is 7.01. The normalized spacial score (nSPS) is 18.3. The number of carbonyl (C=O) groups is 1. The zero-order chi connectivity index (χ0) is 13.0. The number of aromatic nitrogens is 1. The van der Waals surface area contributed by atoms with Gasteiger partial charge in [-0.15, -0.1) is 0 Å². The van der Waals surface area contributed by atoms with Gasteiger partial charge < -0.3 is 10.4 Å². The Balaban J connectivity index is 1.94. The molecule has 1 aliphatic carbocycles. The minimum absolute atomic E-state index is 0.249. The Labute approximate surface area is 115 Å². The Hall–Kier alpha value is -0.940. The molecular weight excluding hydrogens is 296 g/mol. The Morgan fingerprint density at radius 2 is 2.17 bits per heavy atom. The zero-order valence-corrected chi connectivity index (χ0v) is 11.7. The summed E-state index contributed by atoms with van der Waals surface area (Å²) in [5.74, 6) is -0.249. The monoisotopic (exact) mass is 312 g/mol. The van der Waals surface area contributed by atoms with E-state index in [0.29, 0.717) is 16.7 Å². The van der Waals surface area contributed by atoms with Crippen LogP contribution in [0.25, 0.3) is 0 Å². The number of carbonyl (C=O) groups excluding carboxylic acids is 1. The van der Waals surface area contributed by atoms with Crippen molar-refractivity contribution in [3.05, 3.63) is 28.5 Å². The van der Waals surface area contributed by atoms with Gasteiger partial charge in [0.1, 0.15) is 5.69 Å². The first-order chi connectivity index (χ1) is 8.61. The van der Waals surface area contributed by atoms with Crippen LogP contribution in [0, 0.1) is 0 Å². The molecule has 0 aliphatic heterocycles. The summed E-state index contributed by atoms with van der Waals surface area (Å²) >= 11 is 3.29. The van der Waals surface area contributed by atoms with Crippen molar-refractivity contribution < 1.29 is 9.90 Å². The van der Waals surface area contributed by atoms with Crippen molar-refractivity contribution in [3.63, 3.8) is 0 Å². The van der Waals surface area contributed by atoms with Crippen molar-refractivity contribution in [2.24, 2.45) is 0 Å². The van der Waals surface area contributed by atoms with Crippen LogP contribution in [0.4, 0.5) is 0 Å². The van der Waals surface area contributed by atoms with Crippen molar-refractivity contribution in [2.45, 2.75) is 37.7 Å². The highest BCUT2D eigenvalue weighted by Crippen LogP contribution is 2.27. The molecule has 5 heteroatoms. The number of halogens is 1. The lowest BCUT2D eigenvalue weighted by molar-refractivity contribution is 0.00520. The fourth-order valence-corrected chi connectivity index (χ4v) is 2.70. The van der Waals surface area contributed by atoms with Crippen molar-refractivity contribution >= 4 is 21.8 Å². The molecule has 0 atom stereocenters. The third kappa shape index (κ3) is 3.29. The smallest absolute Gasteiger partial charge is 0.271 e. The highest BCUT2D eigenvalue weighted by molar-refractivity contribution is 9.10. The van der Waals surface area contributed by atoms with E-state index in [2.05, 4.69) is 26.2 Å². The van der Waals surface area contributed by atoms with Crippen LogP contribution in [0.15, 0.2) is 22.8 Å². The van der Waals surface area contributed by atoms with E-state index < -0.39 is 5.60 Å². The molecule has 1 amide bonds. The summed E-state index contributed by atoms with van der Waals surface area (Å²) in [6.45, 7) is 0.300. The topological polar surface area (TPSA) is 62.2 Å². The molecule has 98 valence electrons. The highest BCUT2D eigenvalue weighted by Gasteiger charge is 2.29. The summed E-state index contributed by atoms with van der Waals surface area (Å²) in [6.07, 6.45) is 6.32. The molecule has 2 N–H and O–H groups in total. The van der Waals surface area contributed by atoms with Crippen LogP contribution in [0.1, 0.15) is 42.6 Å².